The average molecular weight is 295 g/mol. The SMILES string of the molecule is C=C(/C=C\CN=CN)/C(C)=C/C(Cc1cccc(C)c1)=NC. The van der Waals surface area contributed by atoms with E-state index in [-0.39, 0.29) is 0 Å². The van der Waals surface area contributed by atoms with Gasteiger partial charge in [0.05, 0.1) is 12.9 Å². The molecule has 2 N–H and O–H groups in total. The lowest BCUT2D eigenvalue weighted by Gasteiger charge is -2.06. The molecule has 0 bridgehead atoms. The Labute approximate surface area is 133 Å². The van der Waals surface area contributed by atoms with Crippen molar-refractivity contribution in [1.82, 2.24) is 0 Å². The van der Waals surface area contributed by atoms with E-state index in [1.807, 2.05) is 26.1 Å². The summed E-state index contributed by atoms with van der Waals surface area (Å²) in [6.07, 6.45) is 8.11. The minimum atomic E-state index is 0.570. The zero-order chi connectivity index (χ0) is 16.4. The van der Waals surface area contributed by atoms with E-state index >= 15 is 0 Å². The molecule has 3 heteroatoms. The zero-order valence-corrected chi connectivity index (χ0v) is 13.7. The molecule has 0 aliphatic carbocycles. The van der Waals surface area contributed by atoms with Gasteiger partial charge in [0.1, 0.15) is 0 Å². The summed E-state index contributed by atoms with van der Waals surface area (Å²) >= 11 is 0. The van der Waals surface area contributed by atoms with Crippen molar-refractivity contribution in [3.63, 3.8) is 0 Å². The molecule has 0 spiro atoms. The van der Waals surface area contributed by atoms with Crippen LogP contribution in [-0.2, 0) is 6.42 Å². The standard InChI is InChI=1S/C19H25N3/c1-15-7-5-9-18(11-15)13-19(21-4)12-17(3)16(2)8-6-10-22-14-20/h5-9,11-12,14H,2,10,13H2,1,3-4H3,(H2,20,22)/b8-6-,17-12+,21-19?. The normalized spacial score (nSPS) is 13.2. The van der Waals surface area contributed by atoms with Gasteiger partial charge in [0, 0.05) is 19.2 Å². The monoisotopic (exact) mass is 295 g/mol. The number of hydrogen-bond donors (Lipinski definition) is 1. The quantitative estimate of drug-likeness (QED) is 0.466. The highest BCUT2D eigenvalue weighted by Gasteiger charge is 2.01. The Morgan fingerprint density at radius 3 is 2.77 bits per heavy atom. The van der Waals surface area contributed by atoms with Crippen LogP contribution < -0.4 is 5.73 Å². The summed E-state index contributed by atoms with van der Waals surface area (Å²) in [5.74, 6) is 0. The maximum absolute atomic E-state index is 5.20. The average Bonchev–Trinajstić information content (AvgIpc) is 2.50. The predicted molar refractivity (Wildman–Crippen MR) is 97.8 cm³/mol. The van der Waals surface area contributed by atoms with Crippen LogP contribution in [0.5, 0.6) is 0 Å². The van der Waals surface area contributed by atoms with Gasteiger partial charge in [-0.1, -0.05) is 48.6 Å². The maximum atomic E-state index is 5.20. The molecular formula is C19H25N3. The zero-order valence-electron chi connectivity index (χ0n) is 13.7. The molecule has 0 aliphatic rings. The van der Waals surface area contributed by atoms with Crippen LogP contribution >= 0.6 is 0 Å². The Hall–Kier alpha value is -2.42. The van der Waals surface area contributed by atoms with Crippen molar-refractivity contribution in [3.8, 4) is 0 Å². The van der Waals surface area contributed by atoms with Crippen molar-refractivity contribution in [2.24, 2.45) is 15.7 Å². The fourth-order valence-electron chi connectivity index (χ4n) is 2.02. The van der Waals surface area contributed by atoms with Gasteiger partial charge in [-0.3, -0.25) is 9.98 Å². The third-order valence-electron chi connectivity index (χ3n) is 3.28. The molecule has 1 aromatic rings. The summed E-state index contributed by atoms with van der Waals surface area (Å²) in [6.45, 7) is 8.78. The largest absolute Gasteiger partial charge is 0.390 e. The lowest BCUT2D eigenvalue weighted by molar-refractivity contribution is 1.24. The Bertz CT molecular complexity index is 619. The van der Waals surface area contributed by atoms with Crippen LogP contribution in [0, 0.1) is 6.92 Å². The van der Waals surface area contributed by atoms with Crippen LogP contribution in [-0.4, -0.2) is 25.6 Å². The van der Waals surface area contributed by atoms with Crippen molar-refractivity contribution in [2.75, 3.05) is 13.6 Å². The second-order valence-electron chi connectivity index (χ2n) is 5.15. The molecule has 0 atom stereocenters. The molecule has 22 heavy (non-hydrogen) atoms. The second-order valence-corrected chi connectivity index (χ2v) is 5.15. The first kappa shape index (κ1) is 17.6. The van der Waals surface area contributed by atoms with Crippen molar-refractivity contribution < 1.29 is 0 Å². The molecule has 0 aliphatic heterocycles. The summed E-state index contributed by atoms with van der Waals surface area (Å²) in [6, 6.07) is 8.49. The van der Waals surface area contributed by atoms with Gasteiger partial charge in [0.15, 0.2) is 0 Å². The highest BCUT2D eigenvalue weighted by Crippen LogP contribution is 2.11. The summed E-state index contributed by atoms with van der Waals surface area (Å²) < 4.78 is 0. The smallest absolute Gasteiger partial charge is 0.0801 e. The van der Waals surface area contributed by atoms with Gasteiger partial charge in [0.2, 0.25) is 0 Å². The third-order valence-corrected chi connectivity index (χ3v) is 3.28. The minimum Gasteiger partial charge on any atom is -0.390 e. The summed E-state index contributed by atoms with van der Waals surface area (Å²) in [5, 5.41) is 0. The first-order chi connectivity index (χ1) is 10.6. The maximum Gasteiger partial charge on any atom is 0.0801 e. The van der Waals surface area contributed by atoms with E-state index in [9.17, 15) is 0 Å². The van der Waals surface area contributed by atoms with Crippen molar-refractivity contribution in [2.45, 2.75) is 20.3 Å². The Morgan fingerprint density at radius 1 is 1.36 bits per heavy atom. The molecule has 0 saturated heterocycles. The Kier molecular flexibility index (Phi) is 7.62. The van der Waals surface area contributed by atoms with E-state index in [1.54, 1.807) is 0 Å². The fraction of sp³-hybridized carbons (Fsp3) is 0.263. The van der Waals surface area contributed by atoms with E-state index in [0.29, 0.717) is 6.54 Å². The van der Waals surface area contributed by atoms with E-state index in [0.717, 1.165) is 23.3 Å². The number of rotatable bonds is 7. The van der Waals surface area contributed by atoms with Gasteiger partial charge in [-0.15, -0.1) is 0 Å². The van der Waals surface area contributed by atoms with Crippen LogP contribution in [0.3, 0.4) is 0 Å². The van der Waals surface area contributed by atoms with E-state index in [4.69, 9.17) is 5.73 Å². The fourth-order valence-corrected chi connectivity index (χ4v) is 2.02. The number of nitrogens with zero attached hydrogens (tertiary/aromatic N) is 2. The minimum absolute atomic E-state index is 0.570. The number of nitrogens with two attached hydrogens (primary N) is 1. The van der Waals surface area contributed by atoms with Crippen LogP contribution in [0.1, 0.15) is 18.1 Å². The topological polar surface area (TPSA) is 50.7 Å². The van der Waals surface area contributed by atoms with Gasteiger partial charge in [0.25, 0.3) is 0 Å². The highest BCUT2D eigenvalue weighted by molar-refractivity contribution is 5.97. The molecule has 0 saturated carbocycles. The van der Waals surface area contributed by atoms with E-state index in [1.165, 1.54) is 17.5 Å². The molecule has 1 aromatic carbocycles. The number of aryl methyl sites for hydroxylation is 1. The lowest BCUT2D eigenvalue weighted by Crippen LogP contribution is -2.01. The van der Waals surface area contributed by atoms with Gasteiger partial charge in [-0.25, -0.2) is 0 Å². The number of allylic oxidation sites excluding steroid dienone is 4. The van der Waals surface area contributed by atoms with Gasteiger partial charge in [-0.05, 0) is 36.6 Å². The van der Waals surface area contributed by atoms with E-state index < -0.39 is 0 Å². The number of hydrogen-bond acceptors (Lipinski definition) is 2. The van der Waals surface area contributed by atoms with Crippen LogP contribution in [0.15, 0.2) is 70.2 Å². The van der Waals surface area contributed by atoms with Crippen molar-refractivity contribution in [3.05, 3.63) is 71.3 Å². The second kappa shape index (κ2) is 9.50. The summed E-state index contributed by atoms with van der Waals surface area (Å²) in [5.41, 5.74) is 10.8. The number of aliphatic imine (C=N–C) groups is 2. The summed E-state index contributed by atoms with van der Waals surface area (Å²) in [7, 11) is 1.82. The molecule has 0 radical (unpaired) electrons. The van der Waals surface area contributed by atoms with Crippen LogP contribution in [0.2, 0.25) is 0 Å². The molecule has 1 rings (SSSR count). The first-order valence-corrected chi connectivity index (χ1v) is 7.32. The first-order valence-electron chi connectivity index (χ1n) is 7.32. The van der Waals surface area contributed by atoms with Crippen molar-refractivity contribution in [1.29, 1.82) is 0 Å². The highest BCUT2D eigenvalue weighted by atomic mass is 14.8. The molecule has 0 amide bonds. The molecular weight excluding hydrogens is 270 g/mol. The third kappa shape index (κ3) is 6.35. The molecule has 0 fully saturated rings. The predicted octanol–water partition coefficient (Wildman–Crippen LogP) is 3.65. The molecule has 0 aromatic heterocycles. The lowest BCUT2D eigenvalue weighted by atomic mass is 10.0. The van der Waals surface area contributed by atoms with E-state index in [2.05, 4.69) is 53.8 Å². The van der Waals surface area contributed by atoms with Gasteiger partial charge >= 0.3 is 0 Å². The van der Waals surface area contributed by atoms with Gasteiger partial charge in [-0.2, -0.15) is 0 Å². The molecule has 116 valence electrons. The van der Waals surface area contributed by atoms with Gasteiger partial charge < -0.3 is 5.73 Å². The van der Waals surface area contributed by atoms with Crippen molar-refractivity contribution >= 4 is 12.1 Å². The Balaban J connectivity index is 2.75. The van der Waals surface area contributed by atoms with Crippen LogP contribution in [0.25, 0.3) is 0 Å². The Morgan fingerprint density at radius 2 is 2.14 bits per heavy atom. The summed E-state index contributed by atoms with van der Waals surface area (Å²) in [4.78, 5) is 8.31. The number of benzene rings is 1. The molecule has 0 unspecified atom stereocenters. The molecule has 0 heterocycles. The van der Waals surface area contributed by atoms with Crippen LogP contribution in [0.4, 0.5) is 0 Å². The molecule has 3 nitrogen and oxygen atoms in total.